The van der Waals surface area contributed by atoms with Gasteiger partial charge in [0, 0.05) is 0 Å². The highest BCUT2D eigenvalue weighted by Gasteiger charge is 2.37. The van der Waals surface area contributed by atoms with Crippen molar-refractivity contribution in [2.24, 2.45) is 0 Å². The lowest BCUT2D eigenvalue weighted by molar-refractivity contribution is -0.0312. The highest BCUT2D eigenvalue weighted by Crippen LogP contribution is 2.38. The molecule has 0 saturated heterocycles. The van der Waals surface area contributed by atoms with Crippen LogP contribution in [0.25, 0.3) is 0 Å². The van der Waals surface area contributed by atoms with Crippen molar-refractivity contribution in [1.29, 1.82) is 0 Å². The van der Waals surface area contributed by atoms with E-state index in [2.05, 4.69) is 0 Å². The molecule has 0 aliphatic rings. The van der Waals surface area contributed by atoms with E-state index < -0.39 is 25.2 Å². The minimum Gasteiger partial charge on any atom is -0.212 e. The van der Waals surface area contributed by atoms with Gasteiger partial charge in [-0.1, -0.05) is 17.7 Å². The van der Waals surface area contributed by atoms with Gasteiger partial charge in [-0.05, 0) is 19.1 Å². The van der Waals surface area contributed by atoms with Crippen LogP contribution >= 0.6 is 10.8 Å². The van der Waals surface area contributed by atoms with Crippen molar-refractivity contribution in [3.05, 3.63) is 29.8 Å². The van der Waals surface area contributed by atoms with Crippen LogP contribution in [0.4, 0.5) is 13.2 Å². The Kier molecular flexibility index (Phi) is 3.34. The molecule has 0 aliphatic heterocycles. The molecule has 0 unspecified atom stereocenters. The Hall–Kier alpha value is -0.690. The minimum atomic E-state index is -4.79. The summed E-state index contributed by atoms with van der Waals surface area (Å²) in [6, 6.07) is 5.21. The molecular weight excluding hydrogens is 249 g/mol. The molecule has 1 aromatic carbocycles. The molecule has 0 spiro atoms. The van der Waals surface area contributed by atoms with Gasteiger partial charge in [0.1, 0.15) is 0 Å². The second-order valence-electron chi connectivity index (χ2n) is 2.80. The molecule has 2 nitrogen and oxygen atoms in total. The maximum Gasteiger partial charge on any atom is 0.456 e. The highest BCUT2D eigenvalue weighted by atomic mass is 33.1. The summed E-state index contributed by atoms with van der Waals surface area (Å²) in [4.78, 5) is -0.338. The van der Waals surface area contributed by atoms with E-state index in [0.29, 0.717) is 0 Å². The molecule has 15 heavy (non-hydrogen) atoms. The molecule has 84 valence electrons. The predicted molar refractivity (Wildman–Crippen MR) is 52.0 cm³/mol. The van der Waals surface area contributed by atoms with E-state index in [1.54, 1.807) is 6.92 Å². The Labute approximate surface area is 88.8 Å². The van der Waals surface area contributed by atoms with E-state index in [-0.39, 0.29) is 4.90 Å². The number of hydrogen-bond acceptors (Lipinski definition) is 3. The number of aryl methyl sites for hydroxylation is 1. The van der Waals surface area contributed by atoms with Crippen LogP contribution in [-0.4, -0.2) is 13.9 Å². The third-order valence-electron chi connectivity index (χ3n) is 1.51. The van der Waals surface area contributed by atoms with Gasteiger partial charge in [0.2, 0.25) is 8.87 Å². The normalized spacial score (nSPS) is 12.8. The summed E-state index contributed by atoms with van der Waals surface area (Å²) in [7, 11) is -5.35. The van der Waals surface area contributed by atoms with Gasteiger partial charge in [0.15, 0.2) is 0 Å². The summed E-state index contributed by atoms with van der Waals surface area (Å²) in [6.45, 7) is 1.72. The average molecular weight is 256 g/mol. The van der Waals surface area contributed by atoms with Crippen LogP contribution in [0.3, 0.4) is 0 Å². The molecule has 0 amide bonds. The third-order valence-corrected chi connectivity index (χ3v) is 4.57. The van der Waals surface area contributed by atoms with Crippen LogP contribution in [0, 0.1) is 6.92 Å². The summed E-state index contributed by atoms with van der Waals surface area (Å²) >= 11 is 0. The van der Waals surface area contributed by atoms with Gasteiger partial charge in [-0.25, -0.2) is 8.42 Å². The average Bonchev–Trinajstić information content (AvgIpc) is 2.00. The van der Waals surface area contributed by atoms with Gasteiger partial charge in [0.05, 0.1) is 15.7 Å². The summed E-state index contributed by atoms with van der Waals surface area (Å²) in [6.07, 6.45) is 0. The van der Waals surface area contributed by atoms with E-state index in [1.807, 2.05) is 0 Å². The van der Waals surface area contributed by atoms with Crippen LogP contribution in [0.15, 0.2) is 29.2 Å². The van der Waals surface area contributed by atoms with Gasteiger partial charge in [-0.15, -0.1) is 0 Å². The first-order chi connectivity index (χ1) is 6.71. The molecule has 0 N–H and O–H groups in total. The molecule has 0 radical (unpaired) electrons. The summed E-state index contributed by atoms with van der Waals surface area (Å²) in [5.41, 5.74) is -4.00. The Bertz CT molecular complexity index is 434. The first-order valence-electron chi connectivity index (χ1n) is 3.80. The first kappa shape index (κ1) is 12.4. The molecule has 0 fully saturated rings. The number of benzene rings is 1. The third kappa shape index (κ3) is 3.75. The van der Waals surface area contributed by atoms with E-state index >= 15 is 0 Å². The van der Waals surface area contributed by atoms with E-state index in [0.717, 1.165) is 17.7 Å². The maximum absolute atomic E-state index is 11.9. The Morgan fingerprint density at radius 3 is 2.00 bits per heavy atom. The van der Waals surface area contributed by atoms with Crippen molar-refractivity contribution in [3.8, 4) is 0 Å². The molecule has 0 heterocycles. The van der Waals surface area contributed by atoms with Crippen LogP contribution in [0.5, 0.6) is 0 Å². The lowest BCUT2D eigenvalue weighted by Crippen LogP contribution is -2.07. The Morgan fingerprint density at radius 1 is 1.13 bits per heavy atom. The van der Waals surface area contributed by atoms with E-state index in [9.17, 15) is 21.6 Å². The molecule has 1 aromatic rings. The monoisotopic (exact) mass is 256 g/mol. The quantitative estimate of drug-likeness (QED) is 0.763. The van der Waals surface area contributed by atoms with Gasteiger partial charge < -0.3 is 0 Å². The zero-order valence-corrected chi connectivity index (χ0v) is 9.21. The zero-order chi connectivity index (χ0) is 11.7. The molecular formula is C8H7F3O2S2. The smallest absolute Gasteiger partial charge is 0.212 e. The SMILES string of the molecule is Cc1ccc(S(=O)(=O)SC(F)(F)F)cc1. The summed E-state index contributed by atoms with van der Waals surface area (Å²) < 4.78 is 58.1. The van der Waals surface area contributed by atoms with Crippen molar-refractivity contribution >= 4 is 19.7 Å². The number of hydrogen-bond donors (Lipinski definition) is 0. The van der Waals surface area contributed by atoms with Gasteiger partial charge in [-0.2, -0.15) is 13.2 Å². The van der Waals surface area contributed by atoms with Crippen molar-refractivity contribution in [2.75, 3.05) is 0 Å². The van der Waals surface area contributed by atoms with Crippen molar-refractivity contribution in [2.45, 2.75) is 17.3 Å². The zero-order valence-electron chi connectivity index (χ0n) is 7.58. The lowest BCUT2D eigenvalue weighted by atomic mass is 10.2. The second-order valence-corrected chi connectivity index (χ2v) is 6.62. The van der Waals surface area contributed by atoms with Gasteiger partial charge in [-0.3, -0.25) is 0 Å². The molecule has 0 saturated carbocycles. The number of alkyl halides is 3. The van der Waals surface area contributed by atoms with E-state index in [1.165, 1.54) is 12.1 Å². The predicted octanol–water partition coefficient (Wildman–Crippen LogP) is 2.94. The number of halogens is 3. The Morgan fingerprint density at radius 2 is 1.60 bits per heavy atom. The van der Waals surface area contributed by atoms with Crippen molar-refractivity contribution in [3.63, 3.8) is 0 Å². The Balaban J connectivity index is 3.02. The fourth-order valence-electron chi connectivity index (χ4n) is 0.877. The van der Waals surface area contributed by atoms with E-state index in [4.69, 9.17) is 0 Å². The molecule has 0 aromatic heterocycles. The standard InChI is InChI=1S/C8H7F3O2S2/c1-6-2-4-7(5-3-6)15(12,13)14-8(9,10)11/h2-5H,1H3. The first-order valence-corrected chi connectivity index (χ1v) is 6.61. The van der Waals surface area contributed by atoms with Crippen LogP contribution in [0.2, 0.25) is 0 Å². The lowest BCUT2D eigenvalue weighted by Gasteiger charge is -2.06. The van der Waals surface area contributed by atoms with Crippen molar-refractivity contribution in [1.82, 2.24) is 0 Å². The van der Waals surface area contributed by atoms with Gasteiger partial charge >= 0.3 is 5.51 Å². The minimum absolute atomic E-state index is 0.338. The largest absolute Gasteiger partial charge is 0.456 e. The van der Waals surface area contributed by atoms with Crippen molar-refractivity contribution < 1.29 is 21.6 Å². The summed E-state index contributed by atoms with van der Waals surface area (Å²) in [5.74, 6) is 0. The summed E-state index contributed by atoms with van der Waals surface area (Å²) in [5, 5.41) is 0. The molecule has 0 atom stereocenters. The molecule has 0 bridgehead atoms. The van der Waals surface area contributed by atoms with Gasteiger partial charge in [0.25, 0.3) is 0 Å². The number of rotatable bonds is 2. The van der Waals surface area contributed by atoms with Crippen LogP contribution < -0.4 is 0 Å². The second kappa shape index (κ2) is 4.05. The molecule has 7 heteroatoms. The highest BCUT2D eigenvalue weighted by molar-refractivity contribution is 8.72. The van der Waals surface area contributed by atoms with Crippen LogP contribution in [-0.2, 0) is 8.87 Å². The molecule has 1 rings (SSSR count). The fourth-order valence-corrected chi connectivity index (χ4v) is 3.06. The topological polar surface area (TPSA) is 34.1 Å². The maximum atomic E-state index is 11.9. The fraction of sp³-hybridized carbons (Fsp3) is 0.250. The molecule has 0 aliphatic carbocycles. The van der Waals surface area contributed by atoms with Crippen LogP contribution in [0.1, 0.15) is 5.56 Å².